The Kier molecular flexibility index (Phi) is 9.04. The van der Waals surface area contributed by atoms with Gasteiger partial charge >= 0.3 is 0 Å². The van der Waals surface area contributed by atoms with Crippen molar-refractivity contribution in [1.82, 2.24) is 0 Å². The van der Waals surface area contributed by atoms with E-state index in [0.29, 0.717) is 19.4 Å². The van der Waals surface area contributed by atoms with Crippen molar-refractivity contribution in [1.29, 1.82) is 0 Å². The molecule has 0 atom stereocenters. The molecular weight excluding hydrogens is 216 g/mol. The largest absolute Gasteiger partial charge is 0.381 e. The first-order valence-electron chi connectivity index (χ1n) is 5.59. The quantitative estimate of drug-likeness (QED) is 0.468. The Labute approximate surface area is 92.8 Å². The third-order valence-corrected chi connectivity index (χ3v) is 2.89. The molecule has 0 saturated heterocycles. The molecule has 0 aromatic carbocycles. The zero-order chi connectivity index (χ0) is 11.6. The van der Waals surface area contributed by atoms with Crippen molar-refractivity contribution in [3.63, 3.8) is 0 Å². The molecule has 0 spiro atoms. The molecule has 0 amide bonds. The molecule has 0 radical (unpaired) electrons. The van der Waals surface area contributed by atoms with Crippen LogP contribution in [0.2, 0.25) is 0 Å². The maximum atomic E-state index is 10.4. The van der Waals surface area contributed by atoms with Gasteiger partial charge < -0.3 is 4.74 Å². The van der Waals surface area contributed by atoms with E-state index < -0.39 is 10.1 Å². The van der Waals surface area contributed by atoms with Crippen molar-refractivity contribution in [2.24, 2.45) is 0 Å². The lowest BCUT2D eigenvalue weighted by Gasteiger charge is -2.03. The molecule has 0 rings (SSSR count). The molecule has 0 fully saturated rings. The molecule has 4 nitrogen and oxygen atoms in total. The molecule has 0 unspecified atom stereocenters. The average Bonchev–Trinajstić information content (AvgIpc) is 2.14. The Balaban J connectivity index is 3.06. The van der Waals surface area contributed by atoms with Gasteiger partial charge in [-0.25, -0.2) is 0 Å². The van der Waals surface area contributed by atoms with E-state index in [9.17, 15) is 8.42 Å². The molecule has 0 heterocycles. The van der Waals surface area contributed by atoms with Crippen LogP contribution in [0.1, 0.15) is 45.4 Å². The lowest BCUT2D eigenvalue weighted by Crippen LogP contribution is -2.05. The molecule has 92 valence electrons. The Morgan fingerprint density at radius 1 is 1.00 bits per heavy atom. The lowest BCUT2D eigenvalue weighted by molar-refractivity contribution is 0.127. The van der Waals surface area contributed by atoms with Gasteiger partial charge in [0.1, 0.15) is 0 Å². The minimum Gasteiger partial charge on any atom is -0.381 e. The minimum absolute atomic E-state index is 0.161. The van der Waals surface area contributed by atoms with Crippen molar-refractivity contribution in [2.45, 2.75) is 45.4 Å². The zero-order valence-electron chi connectivity index (χ0n) is 9.44. The van der Waals surface area contributed by atoms with Gasteiger partial charge in [-0.2, -0.15) is 8.42 Å². The van der Waals surface area contributed by atoms with E-state index in [1.54, 1.807) is 0 Å². The summed E-state index contributed by atoms with van der Waals surface area (Å²) in [5.74, 6) is -0.161. The van der Waals surface area contributed by atoms with Crippen LogP contribution in [0.15, 0.2) is 0 Å². The number of rotatable bonds is 10. The van der Waals surface area contributed by atoms with E-state index in [0.717, 1.165) is 13.0 Å². The Bertz CT molecular complexity index is 224. The van der Waals surface area contributed by atoms with Crippen molar-refractivity contribution in [2.75, 3.05) is 19.0 Å². The van der Waals surface area contributed by atoms with Gasteiger partial charge in [-0.05, 0) is 19.3 Å². The van der Waals surface area contributed by atoms with Crippen LogP contribution in [-0.4, -0.2) is 31.9 Å². The van der Waals surface area contributed by atoms with Crippen LogP contribution < -0.4 is 0 Å². The smallest absolute Gasteiger partial charge is 0.264 e. The van der Waals surface area contributed by atoms with Crippen LogP contribution in [0.5, 0.6) is 0 Å². The van der Waals surface area contributed by atoms with Gasteiger partial charge in [0.25, 0.3) is 10.1 Å². The average molecular weight is 238 g/mol. The fourth-order valence-corrected chi connectivity index (χ4v) is 1.79. The van der Waals surface area contributed by atoms with E-state index in [2.05, 4.69) is 6.92 Å². The Morgan fingerprint density at radius 2 is 1.60 bits per heavy atom. The van der Waals surface area contributed by atoms with Gasteiger partial charge in [0, 0.05) is 13.2 Å². The van der Waals surface area contributed by atoms with E-state index in [-0.39, 0.29) is 5.75 Å². The number of ether oxygens (including phenoxy) is 1. The first-order valence-corrected chi connectivity index (χ1v) is 7.20. The van der Waals surface area contributed by atoms with Crippen LogP contribution in [0.3, 0.4) is 0 Å². The molecule has 0 saturated carbocycles. The first kappa shape index (κ1) is 14.9. The van der Waals surface area contributed by atoms with E-state index in [4.69, 9.17) is 9.29 Å². The topological polar surface area (TPSA) is 63.6 Å². The predicted octanol–water partition coefficient (Wildman–Crippen LogP) is 2.25. The van der Waals surface area contributed by atoms with Crippen LogP contribution in [0.4, 0.5) is 0 Å². The van der Waals surface area contributed by atoms with Crippen LogP contribution >= 0.6 is 0 Å². The summed E-state index contributed by atoms with van der Waals surface area (Å²) in [6.45, 7) is 3.50. The van der Waals surface area contributed by atoms with E-state index in [1.807, 2.05) is 0 Å². The van der Waals surface area contributed by atoms with E-state index >= 15 is 0 Å². The van der Waals surface area contributed by atoms with Gasteiger partial charge in [0.05, 0.1) is 5.75 Å². The van der Waals surface area contributed by atoms with Gasteiger partial charge in [-0.3, -0.25) is 4.55 Å². The van der Waals surface area contributed by atoms with Gasteiger partial charge in [0.2, 0.25) is 0 Å². The highest BCUT2D eigenvalue weighted by Gasteiger charge is 2.02. The Hall–Kier alpha value is -0.130. The molecule has 0 aliphatic carbocycles. The third-order valence-electron chi connectivity index (χ3n) is 2.08. The molecular formula is C10H22O4S. The molecule has 0 aliphatic rings. The fraction of sp³-hybridized carbons (Fsp3) is 1.00. The molecule has 0 aliphatic heterocycles. The van der Waals surface area contributed by atoms with Gasteiger partial charge in [-0.15, -0.1) is 0 Å². The molecule has 0 aromatic heterocycles. The number of hydrogen-bond donors (Lipinski definition) is 1. The SMILES string of the molecule is CCCCCCOCCCCS(=O)(=O)O. The second-order valence-electron chi connectivity index (χ2n) is 3.67. The third kappa shape index (κ3) is 13.9. The van der Waals surface area contributed by atoms with Crippen LogP contribution in [0.25, 0.3) is 0 Å². The molecule has 0 aromatic rings. The van der Waals surface area contributed by atoms with Gasteiger partial charge in [0.15, 0.2) is 0 Å². The van der Waals surface area contributed by atoms with Crippen LogP contribution in [0, 0.1) is 0 Å². The summed E-state index contributed by atoms with van der Waals surface area (Å²) in [5.41, 5.74) is 0. The Morgan fingerprint density at radius 3 is 2.13 bits per heavy atom. The predicted molar refractivity (Wildman–Crippen MR) is 60.6 cm³/mol. The summed E-state index contributed by atoms with van der Waals surface area (Å²) in [6, 6.07) is 0. The summed E-state index contributed by atoms with van der Waals surface area (Å²) in [7, 11) is -3.78. The maximum absolute atomic E-state index is 10.4. The highest BCUT2D eigenvalue weighted by atomic mass is 32.2. The van der Waals surface area contributed by atoms with Crippen molar-refractivity contribution in [3.05, 3.63) is 0 Å². The van der Waals surface area contributed by atoms with E-state index in [1.165, 1.54) is 19.3 Å². The van der Waals surface area contributed by atoms with Gasteiger partial charge in [-0.1, -0.05) is 26.2 Å². The molecule has 5 heteroatoms. The molecule has 1 N–H and O–H groups in total. The zero-order valence-corrected chi connectivity index (χ0v) is 10.3. The standard InChI is InChI=1S/C10H22O4S/c1-2-3-4-5-8-14-9-6-7-10-15(11,12)13/h2-10H2,1H3,(H,11,12,13). The van der Waals surface area contributed by atoms with Crippen molar-refractivity contribution >= 4 is 10.1 Å². The lowest BCUT2D eigenvalue weighted by atomic mass is 10.2. The monoisotopic (exact) mass is 238 g/mol. The summed E-state index contributed by atoms with van der Waals surface area (Å²) >= 11 is 0. The second kappa shape index (κ2) is 9.12. The molecule has 15 heavy (non-hydrogen) atoms. The maximum Gasteiger partial charge on any atom is 0.264 e. The minimum atomic E-state index is -3.78. The normalized spacial score (nSPS) is 11.9. The van der Waals surface area contributed by atoms with Crippen molar-refractivity contribution in [3.8, 4) is 0 Å². The highest BCUT2D eigenvalue weighted by Crippen LogP contribution is 2.00. The second-order valence-corrected chi connectivity index (χ2v) is 5.24. The molecule has 0 bridgehead atoms. The number of unbranched alkanes of at least 4 members (excludes halogenated alkanes) is 4. The summed E-state index contributed by atoms with van der Waals surface area (Å²) in [6.07, 6.45) is 5.88. The first-order chi connectivity index (χ1) is 7.06. The summed E-state index contributed by atoms with van der Waals surface area (Å²) in [5, 5.41) is 0. The summed E-state index contributed by atoms with van der Waals surface area (Å²) < 4.78 is 34.5. The van der Waals surface area contributed by atoms with Crippen LogP contribution in [-0.2, 0) is 14.9 Å². The number of hydrogen-bond acceptors (Lipinski definition) is 3. The fourth-order valence-electron chi connectivity index (χ4n) is 1.22. The summed E-state index contributed by atoms with van der Waals surface area (Å²) in [4.78, 5) is 0. The highest BCUT2D eigenvalue weighted by molar-refractivity contribution is 7.85. The van der Waals surface area contributed by atoms with Crippen molar-refractivity contribution < 1.29 is 17.7 Å².